The number of rotatable bonds is 4. The Morgan fingerprint density at radius 3 is 2.86 bits per heavy atom. The Bertz CT molecular complexity index is 761. The van der Waals surface area contributed by atoms with Crippen LogP contribution in [0.3, 0.4) is 0 Å². The van der Waals surface area contributed by atoms with Gasteiger partial charge in [0.05, 0.1) is 0 Å². The first kappa shape index (κ1) is 14.2. The van der Waals surface area contributed by atoms with Gasteiger partial charge in [-0.15, -0.1) is 0 Å². The topological polar surface area (TPSA) is 27.8 Å². The molecule has 21 heavy (non-hydrogen) atoms. The number of hydrogen-bond donors (Lipinski definition) is 2. The van der Waals surface area contributed by atoms with Crippen molar-refractivity contribution in [1.29, 1.82) is 0 Å². The van der Waals surface area contributed by atoms with E-state index >= 15 is 0 Å². The molecular weight excluding hydrogens is 280 g/mol. The van der Waals surface area contributed by atoms with Crippen LogP contribution in [0.5, 0.6) is 0 Å². The number of fused-ring (bicyclic) bond motifs is 1. The maximum atomic E-state index is 6.01. The molecule has 0 saturated carbocycles. The predicted molar refractivity (Wildman–Crippen MR) is 89.7 cm³/mol. The average Bonchev–Trinajstić information content (AvgIpc) is 2.87. The lowest BCUT2D eigenvalue weighted by atomic mass is 10.1. The predicted octanol–water partition coefficient (Wildman–Crippen LogP) is 4.98. The van der Waals surface area contributed by atoms with Gasteiger partial charge in [-0.05, 0) is 37.1 Å². The largest absolute Gasteiger partial charge is 0.361 e. The third-order valence-corrected chi connectivity index (χ3v) is 4.11. The highest BCUT2D eigenvalue weighted by Crippen LogP contribution is 2.23. The summed E-state index contributed by atoms with van der Waals surface area (Å²) in [4.78, 5) is 3.28. The zero-order chi connectivity index (χ0) is 14.8. The Morgan fingerprint density at radius 2 is 2.05 bits per heavy atom. The molecule has 0 unspecified atom stereocenters. The summed E-state index contributed by atoms with van der Waals surface area (Å²) < 4.78 is 0. The Balaban J connectivity index is 1.74. The van der Waals surface area contributed by atoms with Gasteiger partial charge >= 0.3 is 0 Å². The Hall–Kier alpha value is -1.77. The number of benzene rings is 2. The van der Waals surface area contributed by atoms with Crippen LogP contribution in [0.2, 0.25) is 5.02 Å². The Morgan fingerprint density at radius 1 is 1.19 bits per heavy atom. The van der Waals surface area contributed by atoms with Crippen molar-refractivity contribution >= 4 is 22.5 Å². The van der Waals surface area contributed by atoms with Crippen molar-refractivity contribution in [2.45, 2.75) is 26.4 Å². The fraction of sp³-hybridized carbons (Fsp3) is 0.222. The summed E-state index contributed by atoms with van der Waals surface area (Å²) in [5.41, 5.74) is 4.96. The molecule has 0 fully saturated rings. The van der Waals surface area contributed by atoms with Crippen LogP contribution >= 0.6 is 11.6 Å². The molecule has 3 aromatic rings. The van der Waals surface area contributed by atoms with Crippen LogP contribution < -0.4 is 5.32 Å². The quantitative estimate of drug-likeness (QED) is 0.698. The van der Waals surface area contributed by atoms with E-state index in [0.29, 0.717) is 6.04 Å². The molecule has 2 aromatic carbocycles. The summed E-state index contributed by atoms with van der Waals surface area (Å²) in [6.45, 7) is 5.15. The minimum Gasteiger partial charge on any atom is -0.361 e. The smallest absolute Gasteiger partial charge is 0.0472 e. The van der Waals surface area contributed by atoms with Gasteiger partial charge in [-0.2, -0.15) is 0 Å². The van der Waals surface area contributed by atoms with Crippen molar-refractivity contribution in [3.05, 3.63) is 70.4 Å². The zero-order valence-corrected chi connectivity index (χ0v) is 13.0. The number of hydrogen-bond acceptors (Lipinski definition) is 1. The normalized spacial score (nSPS) is 12.7. The molecule has 0 bridgehead atoms. The highest BCUT2D eigenvalue weighted by Gasteiger charge is 2.08. The maximum absolute atomic E-state index is 6.01. The van der Waals surface area contributed by atoms with Crippen LogP contribution in [-0.2, 0) is 6.54 Å². The van der Waals surface area contributed by atoms with E-state index in [9.17, 15) is 0 Å². The van der Waals surface area contributed by atoms with Gasteiger partial charge in [-0.3, -0.25) is 0 Å². The standard InChI is InChI=1S/C18H19ClN2/c1-12-4-3-5-14(8-12)13(2)20-10-15-11-21-18-9-16(19)6-7-17(15)18/h3-9,11,13,20-21H,10H2,1-2H3/t13-/m0/s1. The fourth-order valence-corrected chi connectivity index (χ4v) is 2.80. The molecule has 1 atom stereocenters. The second kappa shape index (κ2) is 5.92. The summed E-state index contributed by atoms with van der Waals surface area (Å²) in [6.07, 6.45) is 2.05. The number of aryl methyl sites for hydroxylation is 1. The molecule has 0 aliphatic heterocycles. The van der Waals surface area contributed by atoms with Crippen molar-refractivity contribution in [2.75, 3.05) is 0 Å². The molecule has 1 aromatic heterocycles. The van der Waals surface area contributed by atoms with E-state index in [2.05, 4.69) is 60.7 Å². The molecule has 0 radical (unpaired) electrons. The van der Waals surface area contributed by atoms with Gasteiger partial charge in [0.1, 0.15) is 0 Å². The molecule has 3 rings (SSSR count). The van der Waals surface area contributed by atoms with E-state index in [4.69, 9.17) is 11.6 Å². The average molecular weight is 299 g/mol. The van der Waals surface area contributed by atoms with Gasteiger partial charge in [0, 0.05) is 34.7 Å². The van der Waals surface area contributed by atoms with Crippen LogP contribution in [-0.4, -0.2) is 4.98 Å². The number of aromatic nitrogens is 1. The summed E-state index contributed by atoms with van der Waals surface area (Å²) in [5.74, 6) is 0. The molecule has 0 aliphatic carbocycles. The van der Waals surface area contributed by atoms with Crippen LogP contribution in [0.15, 0.2) is 48.7 Å². The summed E-state index contributed by atoms with van der Waals surface area (Å²) in [6, 6.07) is 14.9. The van der Waals surface area contributed by atoms with E-state index in [1.54, 1.807) is 0 Å². The first-order valence-corrected chi connectivity index (χ1v) is 7.57. The lowest BCUT2D eigenvalue weighted by Crippen LogP contribution is -2.17. The van der Waals surface area contributed by atoms with Gasteiger partial charge in [0.2, 0.25) is 0 Å². The summed E-state index contributed by atoms with van der Waals surface area (Å²) in [5, 5.41) is 5.57. The third-order valence-electron chi connectivity index (χ3n) is 3.87. The molecule has 3 heteroatoms. The van der Waals surface area contributed by atoms with E-state index in [1.807, 2.05) is 12.1 Å². The lowest BCUT2D eigenvalue weighted by Gasteiger charge is -2.14. The van der Waals surface area contributed by atoms with E-state index in [0.717, 1.165) is 17.1 Å². The molecule has 0 saturated heterocycles. The number of halogens is 1. The van der Waals surface area contributed by atoms with Crippen LogP contribution in [0, 0.1) is 6.92 Å². The maximum Gasteiger partial charge on any atom is 0.0472 e. The zero-order valence-electron chi connectivity index (χ0n) is 12.3. The van der Waals surface area contributed by atoms with Gasteiger partial charge in [-0.1, -0.05) is 47.5 Å². The van der Waals surface area contributed by atoms with Crippen LogP contribution in [0.1, 0.15) is 29.7 Å². The lowest BCUT2D eigenvalue weighted by molar-refractivity contribution is 0.576. The molecule has 2 N–H and O–H groups in total. The second-order valence-corrected chi connectivity index (χ2v) is 5.96. The number of H-pyrrole nitrogens is 1. The van der Waals surface area contributed by atoms with Gasteiger partial charge in [0.25, 0.3) is 0 Å². The highest BCUT2D eigenvalue weighted by molar-refractivity contribution is 6.31. The van der Waals surface area contributed by atoms with Crippen LogP contribution in [0.4, 0.5) is 0 Å². The Kier molecular flexibility index (Phi) is 4.00. The van der Waals surface area contributed by atoms with E-state index in [-0.39, 0.29) is 0 Å². The number of nitrogens with one attached hydrogen (secondary N) is 2. The monoisotopic (exact) mass is 298 g/mol. The van der Waals surface area contributed by atoms with Gasteiger partial charge < -0.3 is 10.3 Å². The van der Waals surface area contributed by atoms with Gasteiger partial charge in [-0.25, -0.2) is 0 Å². The second-order valence-electron chi connectivity index (χ2n) is 5.52. The third kappa shape index (κ3) is 3.12. The summed E-state index contributed by atoms with van der Waals surface area (Å²) in [7, 11) is 0. The van der Waals surface area contributed by atoms with Crippen molar-refractivity contribution < 1.29 is 0 Å². The van der Waals surface area contributed by atoms with Gasteiger partial charge in [0.15, 0.2) is 0 Å². The fourth-order valence-electron chi connectivity index (χ4n) is 2.63. The Labute approximate surface area is 130 Å². The minimum atomic E-state index is 0.321. The first-order valence-electron chi connectivity index (χ1n) is 7.19. The molecule has 0 amide bonds. The first-order chi connectivity index (χ1) is 10.1. The van der Waals surface area contributed by atoms with Crippen LogP contribution in [0.25, 0.3) is 10.9 Å². The highest BCUT2D eigenvalue weighted by atomic mass is 35.5. The molecular formula is C18H19ClN2. The SMILES string of the molecule is Cc1cccc([C@H](C)NCc2c[nH]c3cc(Cl)ccc23)c1. The van der Waals surface area contributed by atoms with Crippen molar-refractivity contribution in [2.24, 2.45) is 0 Å². The molecule has 108 valence electrons. The van der Waals surface area contributed by atoms with Crippen molar-refractivity contribution in [3.63, 3.8) is 0 Å². The molecule has 1 heterocycles. The molecule has 2 nitrogen and oxygen atoms in total. The summed E-state index contributed by atoms with van der Waals surface area (Å²) >= 11 is 6.01. The van der Waals surface area contributed by atoms with Crippen molar-refractivity contribution in [1.82, 2.24) is 10.3 Å². The molecule has 0 spiro atoms. The van der Waals surface area contributed by atoms with E-state index in [1.165, 1.54) is 22.1 Å². The van der Waals surface area contributed by atoms with E-state index < -0.39 is 0 Å². The minimum absolute atomic E-state index is 0.321. The number of aromatic amines is 1. The molecule has 0 aliphatic rings. The van der Waals surface area contributed by atoms with Crippen molar-refractivity contribution in [3.8, 4) is 0 Å².